The van der Waals surface area contributed by atoms with E-state index < -0.39 is 0 Å². The van der Waals surface area contributed by atoms with Crippen LogP contribution >= 0.6 is 0 Å². The van der Waals surface area contributed by atoms with Crippen LogP contribution < -0.4 is 5.32 Å². The van der Waals surface area contributed by atoms with E-state index in [1.54, 1.807) is 0 Å². The Labute approximate surface area is 87.2 Å². The third kappa shape index (κ3) is 5.58. The molecule has 0 spiro atoms. The molecule has 1 heterocycles. The smallest absolute Gasteiger partial charge is 0.0700 e. The number of nitrogens with one attached hydrogen (secondary N) is 1. The highest BCUT2D eigenvalue weighted by molar-refractivity contribution is 4.68. The van der Waals surface area contributed by atoms with E-state index in [0.29, 0.717) is 0 Å². The lowest BCUT2D eigenvalue weighted by atomic mass is 9.97. The van der Waals surface area contributed by atoms with Crippen LogP contribution in [0.1, 0.15) is 26.2 Å². The fourth-order valence-corrected chi connectivity index (χ4v) is 1.78. The van der Waals surface area contributed by atoms with E-state index in [1.807, 2.05) is 6.92 Å². The average Bonchev–Trinajstić information content (AvgIpc) is 2.25. The number of ether oxygens (including phenoxy) is 2. The predicted molar refractivity (Wildman–Crippen MR) is 57.5 cm³/mol. The number of hydrogen-bond donors (Lipinski definition) is 1. The van der Waals surface area contributed by atoms with Gasteiger partial charge in [-0.3, -0.25) is 0 Å². The second kappa shape index (κ2) is 8.21. The first kappa shape index (κ1) is 12.0. The van der Waals surface area contributed by atoms with Crippen molar-refractivity contribution >= 4 is 0 Å². The van der Waals surface area contributed by atoms with Gasteiger partial charge in [0.15, 0.2) is 0 Å². The van der Waals surface area contributed by atoms with Crippen LogP contribution in [0.2, 0.25) is 0 Å². The highest BCUT2D eigenvalue weighted by atomic mass is 16.5. The molecule has 0 aromatic rings. The van der Waals surface area contributed by atoms with E-state index in [1.165, 1.54) is 32.4 Å². The van der Waals surface area contributed by atoms with Gasteiger partial charge in [-0.25, -0.2) is 0 Å². The maximum absolute atomic E-state index is 5.49. The van der Waals surface area contributed by atoms with Gasteiger partial charge in [0.05, 0.1) is 13.2 Å². The van der Waals surface area contributed by atoms with Crippen molar-refractivity contribution < 1.29 is 9.47 Å². The van der Waals surface area contributed by atoms with Crippen LogP contribution in [-0.2, 0) is 9.47 Å². The monoisotopic (exact) mass is 201 g/mol. The maximum atomic E-state index is 5.49. The summed E-state index contributed by atoms with van der Waals surface area (Å²) < 4.78 is 10.7. The van der Waals surface area contributed by atoms with E-state index in [9.17, 15) is 0 Å². The molecule has 1 N–H and O–H groups in total. The summed E-state index contributed by atoms with van der Waals surface area (Å²) in [5.41, 5.74) is 0. The van der Waals surface area contributed by atoms with Crippen LogP contribution in [0.3, 0.4) is 0 Å². The lowest BCUT2D eigenvalue weighted by Crippen LogP contribution is -2.30. The molecular weight excluding hydrogens is 178 g/mol. The van der Waals surface area contributed by atoms with Crippen molar-refractivity contribution in [2.45, 2.75) is 26.2 Å². The van der Waals surface area contributed by atoms with Crippen molar-refractivity contribution in [1.29, 1.82) is 0 Å². The minimum Gasteiger partial charge on any atom is -0.379 e. The Bertz CT molecular complexity index is 124. The van der Waals surface area contributed by atoms with Crippen LogP contribution in [0, 0.1) is 5.92 Å². The molecule has 0 aromatic heterocycles. The second-order valence-corrected chi connectivity index (χ2v) is 3.81. The van der Waals surface area contributed by atoms with Crippen LogP contribution in [0.15, 0.2) is 0 Å². The third-order valence-corrected chi connectivity index (χ3v) is 2.65. The van der Waals surface area contributed by atoms with Crippen LogP contribution in [0.5, 0.6) is 0 Å². The van der Waals surface area contributed by atoms with Gasteiger partial charge in [-0.05, 0) is 45.2 Å². The van der Waals surface area contributed by atoms with Crippen LogP contribution in [-0.4, -0.2) is 39.5 Å². The van der Waals surface area contributed by atoms with Gasteiger partial charge in [-0.2, -0.15) is 0 Å². The molecule has 1 aliphatic heterocycles. The number of rotatable bonds is 7. The molecule has 0 bridgehead atoms. The van der Waals surface area contributed by atoms with Gasteiger partial charge < -0.3 is 14.8 Å². The Morgan fingerprint density at radius 1 is 1.21 bits per heavy atom. The quantitative estimate of drug-likeness (QED) is 0.632. The highest BCUT2D eigenvalue weighted by Gasteiger charge is 2.11. The predicted octanol–water partition coefficient (Wildman–Crippen LogP) is 1.43. The summed E-state index contributed by atoms with van der Waals surface area (Å²) in [7, 11) is 0. The molecule has 1 saturated heterocycles. The Morgan fingerprint density at radius 3 is 2.79 bits per heavy atom. The molecule has 84 valence electrons. The van der Waals surface area contributed by atoms with Crippen LogP contribution in [0.25, 0.3) is 0 Å². The fraction of sp³-hybridized carbons (Fsp3) is 1.00. The third-order valence-electron chi connectivity index (χ3n) is 2.65. The van der Waals surface area contributed by atoms with Crippen molar-refractivity contribution in [3.63, 3.8) is 0 Å². The average molecular weight is 201 g/mol. The van der Waals surface area contributed by atoms with Gasteiger partial charge in [-0.15, -0.1) is 0 Å². The molecule has 3 nitrogen and oxygen atoms in total. The molecule has 1 fully saturated rings. The summed E-state index contributed by atoms with van der Waals surface area (Å²) in [6, 6.07) is 0. The van der Waals surface area contributed by atoms with Crippen LogP contribution in [0.4, 0.5) is 0 Å². The van der Waals surface area contributed by atoms with Gasteiger partial charge in [0.1, 0.15) is 0 Å². The van der Waals surface area contributed by atoms with Crippen molar-refractivity contribution in [2.75, 3.05) is 39.5 Å². The summed E-state index contributed by atoms with van der Waals surface area (Å²) in [5, 5.41) is 3.42. The molecule has 0 unspecified atom stereocenters. The number of piperidine rings is 1. The van der Waals surface area contributed by atoms with Gasteiger partial charge >= 0.3 is 0 Å². The Hall–Kier alpha value is -0.120. The summed E-state index contributed by atoms with van der Waals surface area (Å²) in [6.07, 6.45) is 3.88. The molecule has 0 aliphatic carbocycles. The Balaban J connectivity index is 1.82. The minimum atomic E-state index is 0.736. The zero-order valence-electron chi connectivity index (χ0n) is 9.26. The Morgan fingerprint density at radius 2 is 2.07 bits per heavy atom. The van der Waals surface area contributed by atoms with Gasteiger partial charge in [0.25, 0.3) is 0 Å². The largest absolute Gasteiger partial charge is 0.379 e. The molecule has 0 amide bonds. The zero-order valence-corrected chi connectivity index (χ0v) is 9.26. The first-order valence-corrected chi connectivity index (χ1v) is 5.79. The van der Waals surface area contributed by atoms with E-state index in [0.717, 1.165) is 32.3 Å². The molecule has 3 heteroatoms. The van der Waals surface area contributed by atoms with E-state index in [4.69, 9.17) is 9.47 Å². The topological polar surface area (TPSA) is 30.5 Å². The molecule has 0 radical (unpaired) electrons. The SMILES string of the molecule is CCOCCOCC[C@@H]1CCCNC1. The maximum Gasteiger partial charge on any atom is 0.0700 e. The van der Waals surface area contributed by atoms with E-state index >= 15 is 0 Å². The molecule has 1 rings (SSSR count). The number of hydrogen-bond acceptors (Lipinski definition) is 3. The molecule has 1 atom stereocenters. The lowest BCUT2D eigenvalue weighted by molar-refractivity contribution is 0.0463. The first-order valence-electron chi connectivity index (χ1n) is 5.79. The van der Waals surface area contributed by atoms with E-state index in [-0.39, 0.29) is 0 Å². The lowest BCUT2D eigenvalue weighted by Gasteiger charge is -2.22. The summed E-state index contributed by atoms with van der Waals surface area (Å²) in [6.45, 7) is 7.53. The van der Waals surface area contributed by atoms with E-state index in [2.05, 4.69) is 5.32 Å². The van der Waals surface area contributed by atoms with Gasteiger partial charge in [0, 0.05) is 13.2 Å². The summed E-state index contributed by atoms with van der Waals surface area (Å²) in [4.78, 5) is 0. The molecule has 1 aliphatic rings. The van der Waals surface area contributed by atoms with Crippen molar-refractivity contribution in [1.82, 2.24) is 5.32 Å². The zero-order chi connectivity index (χ0) is 10.1. The molecule has 14 heavy (non-hydrogen) atoms. The summed E-state index contributed by atoms with van der Waals surface area (Å²) >= 11 is 0. The summed E-state index contributed by atoms with van der Waals surface area (Å²) in [5.74, 6) is 0.829. The molecule has 0 aromatic carbocycles. The van der Waals surface area contributed by atoms with Gasteiger partial charge in [-0.1, -0.05) is 0 Å². The van der Waals surface area contributed by atoms with Gasteiger partial charge in [0.2, 0.25) is 0 Å². The minimum absolute atomic E-state index is 0.736. The second-order valence-electron chi connectivity index (χ2n) is 3.81. The standard InChI is InChI=1S/C11H23NO2/c1-2-13-8-9-14-7-5-11-4-3-6-12-10-11/h11-12H,2-10H2,1H3/t11-/m0/s1. The van der Waals surface area contributed by atoms with Crippen molar-refractivity contribution in [2.24, 2.45) is 5.92 Å². The highest BCUT2D eigenvalue weighted by Crippen LogP contribution is 2.13. The molecular formula is C11H23NO2. The Kier molecular flexibility index (Phi) is 7.01. The first-order chi connectivity index (χ1) is 6.93. The normalized spacial score (nSPS) is 22.5. The molecule has 0 saturated carbocycles. The fourth-order valence-electron chi connectivity index (χ4n) is 1.78. The van der Waals surface area contributed by atoms with Crippen molar-refractivity contribution in [3.8, 4) is 0 Å². The van der Waals surface area contributed by atoms with Crippen molar-refractivity contribution in [3.05, 3.63) is 0 Å².